The minimum Gasteiger partial charge on any atom is -0.479 e. The summed E-state index contributed by atoms with van der Waals surface area (Å²) in [5.41, 5.74) is 9.38. The smallest absolute Gasteiger partial charge is 0.337 e. The Bertz CT molecular complexity index is 1770. The van der Waals surface area contributed by atoms with Crippen molar-refractivity contribution in [3.05, 3.63) is 88.9 Å². The van der Waals surface area contributed by atoms with Crippen molar-refractivity contribution in [1.82, 2.24) is 15.0 Å². The number of pyridine rings is 1. The highest BCUT2D eigenvalue weighted by molar-refractivity contribution is 5.88. The van der Waals surface area contributed by atoms with Crippen molar-refractivity contribution in [2.24, 2.45) is 5.41 Å². The summed E-state index contributed by atoms with van der Waals surface area (Å²) in [6, 6.07) is 18.8. The Labute approximate surface area is 278 Å². The second-order valence-electron chi connectivity index (χ2n) is 14.8. The SMILES string of the molecule is Cc1nc(C)c([C@H](OC(C)(C)C)C(=O)O)c(N2CCC(C)(C)CC2)c1-c1ccc2c(c1)CCN(c1nccc(-c3ccccc3)n1)C2. The molecule has 6 rings (SSSR count). The van der Waals surface area contributed by atoms with Gasteiger partial charge in [0.25, 0.3) is 0 Å². The molecule has 47 heavy (non-hydrogen) atoms. The van der Waals surface area contributed by atoms with Crippen molar-refractivity contribution >= 4 is 17.6 Å². The summed E-state index contributed by atoms with van der Waals surface area (Å²) in [5, 5.41) is 10.5. The van der Waals surface area contributed by atoms with E-state index in [-0.39, 0.29) is 5.41 Å². The van der Waals surface area contributed by atoms with Crippen molar-refractivity contribution in [3.8, 4) is 22.4 Å². The lowest BCUT2D eigenvalue weighted by atomic mass is 9.81. The molecule has 0 amide bonds. The quantitative estimate of drug-likeness (QED) is 0.219. The van der Waals surface area contributed by atoms with Crippen molar-refractivity contribution in [3.63, 3.8) is 0 Å². The molecule has 1 N–H and O–H groups in total. The van der Waals surface area contributed by atoms with Gasteiger partial charge in [-0.1, -0.05) is 62.4 Å². The van der Waals surface area contributed by atoms with E-state index in [4.69, 9.17) is 14.7 Å². The molecular formula is C39H47N5O3. The molecule has 0 bridgehead atoms. The molecule has 8 nitrogen and oxygen atoms in total. The van der Waals surface area contributed by atoms with Crippen molar-refractivity contribution in [2.45, 2.75) is 86.0 Å². The number of hydrogen-bond donors (Lipinski definition) is 1. The lowest BCUT2D eigenvalue weighted by molar-refractivity contribution is -0.160. The van der Waals surface area contributed by atoms with E-state index in [1.165, 1.54) is 11.1 Å². The molecule has 2 aromatic carbocycles. The maximum absolute atomic E-state index is 12.9. The number of aryl methyl sites for hydroxylation is 2. The fourth-order valence-electron chi connectivity index (χ4n) is 6.90. The first-order valence-electron chi connectivity index (χ1n) is 16.7. The third-order valence-corrected chi connectivity index (χ3v) is 9.47. The van der Waals surface area contributed by atoms with Crippen LogP contribution in [-0.2, 0) is 22.5 Å². The number of fused-ring (bicyclic) bond motifs is 1. The van der Waals surface area contributed by atoms with Gasteiger partial charge in [0.05, 0.1) is 17.0 Å². The summed E-state index contributed by atoms with van der Waals surface area (Å²) in [6.07, 6.45) is 3.61. The number of carboxylic acids is 1. The normalized spacial score (nSPS) is 16.9. The average Bonchev–Trinajstić information content (AvgIpc) is 3.03. The van der Waals surface area contributed by atoms with Gasteiger partial charge in [0.1, 0.15) is 0 Å². The van der Waals surface area contributed by atoms with Gasteiger partial charge in [0.2, 0.25) is 5.95 Å². The number of ether oxygens (including phenoxy) is 1. The van der Waals surface area contributed by atoms with Crippen LogP contribution in [-0.4, -0.2) is 51.3 Å². The second kappa shape index (κ2) is 12.7. The summed E-state index contributed by atoms with van der Waals surface area (Å²) in [4.78, 5) is 32.0. The molecule has 2 aromatic heterocycles. The first-order valence-corrected chi connectivity index (χ1v) is 16.7. The van der Waals surface area contributed by atoms with Gasteiger partial charge in [0.15, 0.2) is 6.10 Å². The summed E-state index contributed by atoms with van der Waals surface area (Å²) < 4.78 is 6.27. The molecule has 0 spiro atoms. The lowest BCUT2D eigenvalue weighted by Gasteiger charge is -2.41. The highest BCUT2D eigenvalue weighted by Crippen LogP contribution is 2.45. The molecule has 4 heterocycles. The average molecular weight is 634 g/mol. The van der Waals surface area contributed by atoms with Crippen molar-refractivity contribution in [1.29, 1.82) is 0 Å². The number of rotatable bonds is 7. The van der Waals surface area contributed by atoms with E-state index in [9.17, 15) is 9.90 Å². The van der Waals surface area contributed by atoms with Crippen LogP contribution in [0, 0.1) is 19.3 Å². The molecular weight excluding hydrogens is 586 g/mol. The Kier molecular flexibility index (Phi) is 8.83. The number of hydrogen-bond acceptors (Lipinski definition) is 7. The Balaban J connectivity index is 1.39. The molecule has 1 fully saturated rings. The van der Waals surface area contributed by atoms with Gasteiger partial charge in [0, 0.05) is 60.5 Å². The van der Waals surface area contributed by atoms with E-state index in [1.54, 1.807) is 0 Å². The lowest BCUT2D eigenvalue weighted by Crippen LogP contribution is -2.39. The second-order valence-corrected chi connectivity index (χ2v) is 14.8. The summed E-state index contributed by atoms with van der Waals surface area (Å²) in [6.45, 7) is 17.5. The fourth-order valence-corrected chi connectivity index (χ4v) is 6.90. The predicted molar refractivity (Wildman–Crippen MR) is 188 cm³/mol. The Morgan fingerprint density at radius 1 is 0.894 bits per heavy atom. The third kappa shape index (κ3) is 7.03. The monoisotopic (exact) mass is 633 g/mol. The number of aromatic nitrogens is 3. The molecule has 0 saturated carbocycles. The molecule has 2 aliphatic heterocycles. The Morgan fingerprint density at radius 2 is 1.62 bits per heavy atom. The standard InChI is InChI=1S/C39H47N5O3/c1-25-32(34(43-21-17-39(6,7)18-22-43)33(26(2)41-25)35(36(45)46)47-38(3,4)5)29-13-14-30-24-44(20-16-28(30)23-29)37-40-19-15-31(42-37)27-11-9-8-10-12-27/h8-15,19,23,35H,16-18,20-22,24H2,1-7H3,(H,45,46)/t35-/m0/s1. The Morgan fingerprint density at radius 3 is 2.30 bits per heavy atom. The van der Waals surface area contributed by atoms with Gasteiger partial charge in [-0.25, -0.2) is 14.8 Å². The predicted octanol–water partition coefficient (Wildman–Crippen LogP) is 7.95. The maximum atomic E-state index is 12.9. The Hall–Kier alpha value is -4.30. The van der Waals surface area contributed by atoms with E-state index in [2.05, 4.69) is 59.0 Å². The molecule has 2 aliphatic rings. The number of carboxylic acid groups (broad SMARTS) is 1. The maximum Gasteiger partial charge on any atom is 0.337 e. The minimum atomic E-state index is -1.13. The number of aliphatic carboxylic acids is 1. The molecule has 4 aromatic rings. The third-order valence-electron chi connectivity index (χ3n) is 9.47. The largest absolute Gasteiger partial charge is 0.479 e. The van der Waals surface area contributed by atoms with E-state index in [1.807, 2.05) is 65.1 Å². The van der Waals surface area contributed by atoms with E-state index >= 15 is 0 Å². The number of carbonyl (C=O) groups is 1. The summed E-state index contributed by atoms with van der Waals surface area (Å²) in [7, 11) is 0. The van der Waals surface area contributed by atoms with Crippen LogP contribution >= 0.6 is 0 Å². The summed E-state index contributed by atoms with van der Waals surface area (Å²) >= 11 is 0. The number of piperidine rings is 1. The molecule has 0 aliphatic carbocycles. The number of nitrogens with zero attached hydrogens (tertiary/aromatic N) is 5. The molecule has 1 saturated heterocycles. The highest BCUT2D eigenvalue weighted by Gasteiger charge is 2.36. The van der Waals surface area contributed by atoms with Gasteiger partial charge in [-0.3, -0.25) is 4.98 Å². The molecule has 246 valence electrons. The zero-order valence-corrected chi connectivity index (χ0v) is 28.8. The van der Waals surface area contributed by atoms with Crippen LogP contribution in [0.4, 0.5) is 11.6 Å². The molecule has 8 heteroatoms. The van der Waals surface area contributed by atoms with Crippen LogP contribution < -0.4 is 9.80 Å². The highest BCUT2D eigenvalue weighted by atomic mass is 16.5. The fraction of sp³-hybridized carbons (Fsp3) is 0.436. The summed E-state index contributed by atoms with van der Waals surface area (Å²) in [5.74, 6) is -0.263. The van der Waals surface area contributed by atoms with E-state index in [0.29, 0.717) is 11.3 Å². The topological polar surface area (TPSA) is 91.7 Å². The van der Waals surface area contributed by atoms with E-state index in [0.717, 1.165) is 85.2 Å². The van der Waals surface area contributed by atoms with Crippen LogP contribution in [0.3, 0.4) is 0 Å². The van der Waals surface area contributed by atoms with Gasteiger partial charge in [-0.15, -0.1) is 0 Å². The minimum absolute atomic E-state index is 0.240. The van der Waals surface area contributed by atoms with Gasteiger partial charge in [-0.05, 0) is 82.1 Å². The molecule has 1 atom stereocenters. The van der Waals surface area contributed by atoms with Gasteiger partial charge < -0.3 is 19.6 Å². The van der Waals surface area contributed by atoms with Crippen LogP contribution in [0.5, 0.6) is 0 Å². The van der Waals surface area contributed by atoms with Crippen LogP contribution in [0.25, 0.3) is 22.4 Å². The van der Waals surface area contributed by atoms with Crippen molar-refractivity contribution < 1.29 is 14.6 Å². The van der Waals surface area contributed by atoms with Gasteiger partial charge in [-0.2, -0.15) is 0 Å². The van der Waals surface area contributed by atoms with Crippen LogP contribution in [0.1, 0.15) is 81.6 Å². The zero-order valence-electron chi connectivity index (χ0n) is 28.8. The number of benzene rings is 2. The zero-order chi connectivity index (χ0) is 33.5. The molecule has 0 unspecified atom stereocenters. The first kappa shape index (κ1) is 32.6. The number of anilines is 2. The first-order chi connectivity index (χ1) is 22.3. The van der Waals surface area contributed by atoms with Crippen LogP contribution in [0.15, 0.2) is 60.8 Å². The van der Waals surface area contributed by atoms with Crippen LogP contribution in [0.2, 0.25) is 0 Å². The van der Waals surface area contributed by atoms with E-state index < -0.39 is 17.7 Å². The molecule has 0 radical (unpaired) electrons. The van der Waals surface area contributed by atoms with Crippen molar-refractivity contribution in [2.75, 3.05) is 29.4 Å². The van der Waals surface area contributed by atoms with Gasteiger partial charge >= 0.3 is 5.97 Å².